The lowest BCUT2D eigenvalue weighted by atomic mass is 10.2. The van der Waals surface area contributed by atoms with Gasteiger partial charge in [0.05, 0.1) is 4.90 Å². The zero-order chi connectivity index (χ0) is 11.9. The number of hydrogen-bond donors (Lipinski definition) is 2. The Balaban J connectivity index is 0.000000423. The first-order valence-corrected chi connectivity index (χ1v) is 5.71. The molecule has 0 saturated carbocycles. The first-order valence-electron chi connectivity index (χ1n) is 4.27. The average Bonchev–Trinajstić information content (AvgIpc) is 2.17. The molecule has 1 aromatic carbocycles. The quantitative estimate of drug-likeness (QED) is 0.593. The lowest BCUT2D eigenvalue weighted by molar-refractivity contribution is 0.482. The van der Waals surface area contributed by atoms with E-state index in [0.717, 1.165) is 0 Å². The van der Waals surface area contributed by atoms with Crippen molar-refractivity contribution < 1.29 is 13.0 Å². The van der Waals surface area contributed by atoms with Gasteiger partial charge in [-0.3, -0.25) is 4.55 Å². The number of benzene rings is 1. The number of hydrogen-bond acceptors (Lipinski definition) is 3. The Morgan fingerprint density at radius 3 is 2.20 bits per heavy atom. The lowest BCUT2D eigenvalue weighted by Gasteiger charge is -1.99. The molecular weight excluding hydrogens is 214 g/mol. The molecular formula is C10H15NO3S. The van der Waals surface area contributed by atoms with Gasteiger partial charge in [0.1, 0.15) is 0 Å². The van der Waals surface area contributed by atoms with Gasteiger partial charge in [-0.05, 0) is 18.6 Å². The van der Waals surface area contributed by atoms with Crippen LogP contribution >= 0.6 is 0 Å². The van der Waals surface area contributed by atoms with Crippen LogP contribution in [0.1, 0.15) is 5.56 Å². The van der Waals surface area contributed by atoms with Crippen LogP contribution in [0.25, 0.3) is 0 Å². The molecule has 0 aliphatic carbocycles. The third-order valence-electron chi connectivity index (χ3n) is 1.54. The molecule has 0 saturated heterocycles. The summed E-state index contributed by atoms with van der Waals surface area (Å²) in [4.78, 5) is -0.0278. The smallest absolute Gasteiger partial charge is 0.294 e. The maximum Gasteiger partial charge on any atom is 0.294 e. The topological polar surface area (TPSA) is 80.4 Å². The van der Waals surface area contributed by atoms with Crippen molar-refractivity contribution in [3.05, 3.63) is 42.5 Å². The molecule has 4 nitrogen and oxygen atoms in total. The molecule has 84 valence electrons. The highest BCUT2D eigenvalue weighted by molar-refractivity contribution is 7.85. The summed E-state index contributed by atoms with van der Waals surface area (Å²) in [6.07, 6.45) is 1.65. The molecule has 0 amide bonds. The molecule has 0 spiro atoms. The van der Waals surface area contributed by atoms with Crippen LogP contribution in [0.15, 0.2) is 41.8 Å². The highest BCUT2D eigenvalue weighted by Gasteiger charge is 2.10. The van der Waals surface area contributed by atoms with Crippen molar-refractivity contribution in [3.63, 3.8) is 0 Å². The van der Waals surface area contributed by atoms with Gasteiger partial charge in [-0.1, -0.05) is 24.3 Å². The van der Waals surface area contributed by atoms with Crippen LogP contribution in [0.4, 0.5) is 0 Å². The van der Waals surface area contributed by atoms with E-state index in [1.807, 2.05) is 0 Å². The van der Waals surface area contributed by atoms with Crippen molar-refractivity contribution in [3.8, 4) is 0 Å². The minimum Gasteiger partial charge on any atom is -0.327 e. The molecule has 0 aliphatic heterocycles. The summed E-state index contributed by atoms with van der Waals surface area (Å²) < 4.78 is 29.9. The lowest BCUT2D eigenvalue weighted by Crippen LogP contribution is -1.99. The van der Waals surface area contributed by atoms with E-state index in [1.54, 1.807) is 31.2 Å². The normalized spacial score (nSPS) is 10.1. The van der Waals surface area contributed by atoms with Crippen LogP contribution < -0.4 is 5.73 Å². The van der Waals surface area contributed by atoms with E-state index in [4.69, 9.17) is 10.3 Å². The molecule has 15 heavy (non-hydrogen) atoms. The van der Waals surface area contributed by atoms with E-state index in [9.17, 15) is 8.42 Å². The first kappa shape index (κ1) is 13.8. The van der Waals surface area contributed by atoms with Crippen LogP contribution in [0.2, 0.25) is 0 Å². The van der Waals surface area contributed by atoms with Crippen molar-refractivity contribution in [1.29, 1.82) is 0 Å². The minimum absolute atomic E-state index is 0.0278. The number of nitrogens with two attached hydrogens (primary N) is 1. The summed E-state index contributed by atoms with van der Waals surface area (Å²) in [5.74, 6) is 0. The summed E-state index contributed by atoms with van der Waals surface area (Å²) in [6, 6.07) is 6.27. The summed E-state index contributed by atoms with van der Waals surface area (Å²) in [5, 5.41) is 0. The molecule has 0 atom stereocenters. The zero-order valence-corrected chi connectivity index (χ0v) is 9.37. The predicted molar refractivity (Wildman–Crippen MR) is 60.2 cm³/mol. The van der Waals surface area contributed by atoms with E-state index >= 15 is 0 Å². The Morgan fingerprint density at radius 1 is 1.47 bits per heavy atom. The molecule has 1 rings (SSSR count). The van der Waals surface area contributed by atoms with Crippen LogP contribution in [0.3, 0.4) is 0 Å². The highest BCUT2D eigenvalue weighted by Crippen LogP contribution is 2.12. The van der Waals surface area contributed by atoms with Crippen LogP contribution in [0, 0.1) is 6.92 Å². The van der Waals surface area contributed by atoms with Crippen molar-refractivity contribution in [2.45, 2.75) is 11.8 Å². The van der Waals surface area contributed by atoms with Crippen molar-refractivity contribution in [2.24, 2.45) is 5.73 Å². The molecule has 5 heteroatoms. The molecule has 0 fully saturated rings. The van der Waals surface area contributed by atoms with Crippen molar-refractivity contribution in [1.82, 2.24) is 0 Å². The van der Waals surface area contributed by atoms with Gasteiger partial charge in [0.2, 0.25) is 0 Å². The SMILES string of the molecule is C=CCN.Cc1ccccc1S(=O)(=O)O. The van der Waals surface area contributed by atoms with Gasteiger partial charge in [-0.2, -0.15) is 8.42 Å². The van der Waals surface area contributed by atoms with Crippen molar-refractivity contribution >= 4 is 10.1 Å². The average molecular weight is 229 g/mol. The van der Waals surface area contributed by atoms with E-state index in [1.165, 1.54) is 6.07 Å². The maximum absolute atomic E-state index is 10.6. The maximum atomic E-state index is 10.6. The van der Waals surface area contributed by atoms with Crippen LogP contribution in [0.5, 0.6) is 0 Å². The number of aryl methyl sites for hydroxylation is 1. The summed E-state index contributed by atoms with van der Waals surface area (Å²) >= 11 is 0. The number of rotatable bonds is 2. The molecule has 0 bridgehead atoms. The highest BCUT2D eigenvalue weighted by atomic mass is 32.2. The van der Waals surface area contributed by atoms with E-state index in [2.05, 4.69) is 6.58 Å². The van der Waals surface area contributed by atoms with Gasteiger partial charge in [0.25, 0.3) is 10.1 Å². The molecule has 0 aliphatic rings. The second-order valence-corrected chi connectivity index (χ2v) is 4.15. The Kier molecular flexibility index (Phi) is 5.84. The van der Waals surface area contributed by atoms with Gasteiger partial charge < -0.3 is 5.73 Å². The van der Waals surface area contributed by atoms with E-state index in [0.29, 0.717) is 12.1 Å². The van der Waals surface area contributed by atoms with Crippen LogP contribution in [-0.2, 0) is 10.1 Å². The Hall–Kier alpha value is -1.17. The van der Waals surface area contributed by atoms with E-state index in [-0.39, 0.29) is 4.90 Å². The summed E-state index contributed by atoms with van der Waals surface area (Å²) in [5.41, 5.74) is 5.46. The monoisotopic (exact) mass is 229 g/mol. The molecule has 3 N–H and O–H groups in total. The van der Waals surface area contributed by atoms with E-state index < -0.39 is 10.1 Å². The molecule has 0 aromatic heterocycles. The van der Waals surface area contributed by atoms with Gasteiger partial charge >= 0.3 is 0 Å². The zero-order valence-electron chi connectivity index (χ0n) is 8.55. The standard InChI is InChI=1S/C7H8O3S.C3H7N/c1-6-4-2-3-5-7(6)11(8,9)10;1-2-3-4/h2-5H,1H3,(H,8,9,10);2H,1,3-4H2. The third kappa shape index (κ3) is 5.31. The Labute approximate surface area is 90.2 Å². The summed E-state index contributed by atoms with van der Waals surface area (Å²) in [7, 11) is -4.03. The molecule has 1 aromatic rings. The molecule has 0 unspecified atom stereocenters. The fraction of sp³-hybridized carbons (Fsp3) is 0.200. The van der Waals surface area contributed by atoms with Crippen molar-refractivity contribution in [2.75, 3.05) is 6.54 Å². The van der Waals surface area contributed by atoms with Crippen LogP contribution in [-0.4, -0.2) is 19.5 Å². The third-order valence-corrected chi connectivity index (χ3v) is 2.55. The first-order chi connectivity index (χ1) is 6.93. The van der Waals surface area contributed by atoms with Gasteiger partial charge in [-0.15, -0.1) is 6.58 Å². The molecule has 0 heterocycles. The van der Waals surface area contributed by atoms with Gasteiger partial charge in [0.15, 0.2) is 0 Å². The fourth-order valence-corrected chi connectivity index (χ4v) is 1.57. The Morgan fingerprint density at radius 2 is 1.93 bits per heavy atom. The summed E-state index contributed by atoms with van der Waals surface area (Å²) in [6.45, 7) is 5.57. The predicted octanol–water partition coefficient (Wildman–Crippen LogP) is 1.37. The Bertz CT molecular complexity index is 412. The largest absolute Gasteiger partial charge is 0.327 e. The fourth-order valence-electron chi connectivity index (χ4n) is 0.846. The molecule has 0 radical (unpaired) electrons. The van der Waals surface area contributed by atoms with Gasteiger partial charge in [0, 0.05) is 6.54 Å². The second kappa shape index (κ2) is 6.34. The minimum atomic E-state index is -4.03. The second-order valence-electron chi connectivity index (χ2n) is 2.76. The van der Waals surface area contributed by atoms with Gasteiger partial charge in [-0.25, -0.2) is 0 Å².